The van der Waals surface area contributed by atoms with Crippen LogP contribution in [0.4, 0.5) is 0 Å². The fourth-order valence-electron chi connectivity index (χ4n) is 2.30. The number of nitrogens with one attached hydrogen (secondary N) is 1. The van der Waals surface area contributed by atoms with Crippen LogP contribution >= 0.6 is 0 Å². The maximum absolute atomic E-state index is 12.1. The highest BCUT2D eigenvalue weighted by molar-refractivity contribution is 5.85. The number of carbonyl (C=O) groups is 2. The van der Waals surface area contributed by atoms with E-state index in [-0.39, 0.29) is 18.4 Å². The first-order valence-electron chi connectivity index (χ1n) is 6.75. The van der Waals surface area contributed by atoms with Gasteiger partial charge in [-0.05, 0) is 25.3 Å². The minimum absolute atomic E-state index is 0.0543. The van der Waals surface area contributed by atoms with Gasteiger partial charge in [0.1, 0.15) is 0 Å². The summed E-state index contributed by atoms with van der Waals surface area (Å²) < 4.78 is 0. The Morgan fingerprint density at radius 1 is 1.42 bits per heavy atom. The topological polar surface area (TPSA) is 49.4 Å². The van der Waals surface area contributed by atoms with Crippen molar-refractivity contribution in [1.82, 2.24) is 10.2 Å². The average Bonchev–Trinajstić information content (AvgIpc) is 2.61. The summed E-state index contributed by atoms with van der Waals surface area (Å²) in [6.45, 7) is 3.59. The van der Waals surface area contributed by atoms with Crippen LogP contribution in [0.2, 0.25) is 0 Å². The summed E-state index contributed by atoms with van der Waals surface area (Å²) in [5.74, 6) is 0.0139. The van der Waals surface area contributed by atoms with Crippen molar-refractivity contribution < 1.29 is 9.59 Å². The van der Waals surface area contributed by atoms with Gasteiger partial charge in [0.2, 0.25) is 11.8 Å². The van der Waals surface area contributed by atoms with E-state index in [4.69, 9.17) is 0 Å². The van der Waals surface area contributed by atoms with Crippen LogP contribution in [-0.4, -0.2) is 36.3 Å². The van der Waals surface area contributed by atoms with Gasteiger partial charge in [-0.25, -0.2) is 0 Å². The van der Waals surface area contributed by atoms with Gasteiger partial charge in [-0.15, -0.1) is 0 Å². The number of nitrogens with zero attached hydrogens (tertiary/aromatic N) is 1. The zero-order chi connectivity index (χ0) is 13.7. The molecule has 1 aromatic rings. The van der Waals surface area contributed by atoms with E-state index >= 15 is 0 Å². The Hall–Kier alpha value is -1.84. The van der Waals surface area contributed by atoms with Gasteiger partial charge in [0.25, 0.3) is 0 Å². The van der Waals surface area contributed by atoms with Gasteiger partial charge in [0.05, 0.1) is 6.54 Å². The number of amides is 2. The van der Waals surface area contributed by atoms with E-state index in [1.165, 1.54) is 11.1 Å². The Morgan fingerprint density at radius 2 is 2.26 bits per heavy atom. The molecule has 0 spiro atoms. The van der Waals surface area contributed by atoms with Crippen LogP contribution in [0.25, 0.3) is 0 Å². The zero-order valence-electron chi connectivity index (χ0n) is 11.3. The third-order valence-electron chi connectivity index (χ3n) is 3.32. The van der Waals surface area contributed by atoms with Crippen molar-refractivity contribution in [3.05, 3.63) is 35.4 Å². The Bertz CT molecular complexity index is 471. The number of carbonyl (C=O) groups excluding carboxylic acids is 2. The Balaban J connectivity index is 1.88. The van der Waals surface area contributed by atoms with Gasteiger partial charge in [-0.3, -0.25) is 9.59 Å². The first-order valence-corrected chi connectivity index (χ1v) is 6.75. The molecule has 1 fully saturated rings. The second-order valence-corrected chi connectivity index (χ2v) is 5.01. The molecule has 0 atom stereocenters. The van der Waals surface area contributed by atoms with E-state index in [9.17, 15) is 9.59 Å². The van der Waals surface area contributed by atoms with Crippen molar-refractivity contribution >= 4 is 11.8 Å². The molecule has 19 heavy (non-hydrogen) atoms. The molecule has 1 N–H and O–H groups in total. The maximum Gasteiger partial charge on any atom is 0.239 e. The molecule has 1 aliphatic heterocycles. The third-order valence-corrected chi connectivity index (χ3v) is 3.32. The van der Waals surface area contributed by atoms with Gasteiger partial charge in [-0.2, -0.15) is 0 Å². The molecule has 0 aliphatic carbocycles. The Labute approximate surface area is 113 Å². The number of rotatable bonds is 3. The molecule has 4 nitrogen and oxygen atoms in total. The lowest BCUT2D eigenvalue weighted by molar-refractivity contribution is -0.135. The largest absolute Gasteiger partial charge is 0.354 e. The first kappa shape index (κ1) is 13.6. The molecule has 1 aliphatic rings. The SMILES string of the molecule is Cc1cccc(CCC(=O)N2CCCNC(=O)C2)c1. The molecule has 1 aromatic carbocycles. The van der Waals surface area contributed by atoms with Crippen LogP contribution in [0.1, 0.15) is 24.0 Å². The lowest BCUT2D eigenvalue weighted by Crippen LogP contribution is -2.37. The quantitative estimate of drug-likeness (QED) is 0.890. The van der Waals surface area contributed by atoms with E-state index in [0.29, 0.717) is 19.5 Å². The molecule has 0 radical (unpaired) electrons. The summed E-state index contributed by atoms with van der Waals surface area (Å²) in [4.78, 5) is 25.2. The summed E-state index contributed by atoms with van der Waals surface area (Å²) >= 11 is 0. The molecule has 0 aromatic heterocycles. The molecular weight excluding hydrogens is 240 g/mol. The van der Waals surface area contributed by atoms with E-state index < -0.39 is 0 Å². The number of aryl methyl sites for hydroxylation is 2. The van der Waals surface area contributed by atoms with Gasteiger partial charge in [-0.1, -0.05) is 29.8 Å². The maximum atomic E-state index is 12.1. The van der Waals surface area contributed by atoms with Crippen LogP contribution in [0.15, 0.2) is 24.3 Å². The molecule has 102 valence electrons. The molecule has 2 amide bonds. The van der Waals surface area contributed by atoms with Crippen molar-refractivity contribution in [3.63, 3.8) is 0 Å². The van der Waals surface area contributed by atoms with E-state index in [0.717, 1.165) is 12.8 Å². The van der Waals surface area contributed by atoms with Crippen LogP contribution < -0.4 is 5.32 Å². The lowest BCUT2D eigenvalue weighted by atomic mass is 10.1. The predicted octanol–water partition coefficient (Wildman–Crippen LogP) is 1.28. The predicted molar refractivity (Wildman–Crippen MR) is 73.7 cm³/mol. The highest BCUT2D eigenvalue weighted by Gasteiger charge is 2.19. The van der Waals surface area contributed by atoms with Crippen molar-refractivity contribution in [2.75, 3.05) is 19.6 Å². The number of benzene rings is 1. The van der Waals surface area contributed by atoms with Gasteiger partial charge in [0, 0.05) is 19.5 Å². The molecule has 2 rings (SSSR count). The molecule has 1 saturated heterocycles. The standard InChI is InChI=1S/C15H20N2O2/c1-12-4-2-5-13(10-12)6-7-15(19)17-9-3-8-16-14(18)11-17/h2,4-5,10H,3,6-9,11H2,1H3,(H,16,18). The van der Waals surface area contributed by atoms with Crippen LogP contribution in [0, 0.1) is 6.92 Å². The second-order valence-electron chi connectivity index (χ2n) is 5.01. The average molecular weight is 260 g/mol. The summed E-state index contributed by atoms with van der Waals surface area (Å²) in [5.41, 5.74) is 2.38. The van der Waals surface area contributed by atoms with Crippen LogP contribution in [0.3, 0.4) is 0 Å². The molecule has 1 heterocycles. The smallest absolute Gasteiger partial charge is 0.239 e. The van der Waals surface area contributed by atoms with Gasteiger partial charge in [0.15, 0.2) is 0 Å². The summed E-state index contributed by atoms with van der Waals surface area (Å²) in [5, 5.41) is 2.78. The van der Waals surface area contributed by atoms with Gasteiger partial charge >= 0.3 is 0 Å². The van der Waals surface area contributed by atoms with Crippen LogP contribution in [-0.2, 0) is 16.0 Å². The van der Waals surface area contributed by atoms with Crippen molar-refractivity contribution in [1.29, 1.82) is 0 Å². The summed E-state index contributed by atoms with van der Waals surface area (Å²) in [7, 11) is 0. The molecule has 4 heteroatoms. The monoisotopic (exact) mass is 260 g/mol. The second kappa shape index (κ2) is 6.36. The minimum atomic E-state index is -0.0543. The minimum Gasteiger partial charge on any atom is -0.354 e. The van der Waals surface area contributed by atoms with Crippen molar-refractivity contribution in [2.45, 2.75) is 26.2 Å². The zero-order valence-corrected chi connectivity index (χ0v) is 11.3. The molecule has 0 unspecified atom stereocenters. The summed E-state index contributed by atoms with van der Waals surface area (Å²) in [6.07, 6.45) is 2.04. The third kappa shape index (κ3) is 4.09. The van der Waals surface area contributed by atoms with Crippen molar-refractivity contribution in [2.24, 2.45) is 0 Å². The molecular formula is C15H20N2O2. The highest BCUT2D eigenvalue weighted by Crippen LogP contribution is 2.08. The Kier molecular flexibility index (Phi) is 4.55. The van der Waals surface area contributed by atoms with Gasteiger partial charge < -0.3 is 10.2 Å². The van der Waals surface area contributed by atoms with Crippen molar-refractivity contribution in [3.8, 4) is 0 Å². The fourth-order valence-corrected chi connectivity index (χ4v) is 2.30. The molecule has 0 bridgehead atoms. The summed E-state index contributed by atoms with van der Waals surface area (Å²) in [6, 6.07) is 8.19. The van der Waals surface area contributed by atoms with E-state index in [1.807, 2.05) is 25.1 Å². The lowest BCUT2D eigenvalue weighted by Gasteiger charge is -2.18. The first-order chi connectivity index (χ1) is 9.15. The Morgan fingerprint density at radius 3 is 3.05 bits per heavy atom. The normalized spacial score (nSPS) is 15.8. The van der Waals surface area contributed by atoms with E-state index in [1.54, 1.807) is 4.90 Å². The number of hydrogen-bond acceptors (Lipinski definition) is 2. The molecule has 0 saturated carbocycles. The number of hydrogen-bond donors (Lipinski definition) is 1. The fraction of sp³-hybridized carbons (Fsp3) is 0.467. The van der Waals surface area contributed by atoms with Crippen LogP contribution in [0.5, 0.6) is 0 Å². The highest BCUT2D eigenvalue weighted by atomic mass is 16.2. The van der Waals surface area contributed by atoms with E-state index in [2.05, 4.69) is 11.4 Å².